The monoisotopic (exact) mass is 576 g/mol. The minimum absolute atomic E-state index is 0.0592. The first-order chi connectivity index (χ1) is 19.2. The highest BCUT2D eigenvalue weighted by Crippen LogP contribution is 2.04. The summed E-state index contributed by atoms with van der Waals surface area (Å²) in [7, 11) is 1.76. The van der Waals surface area contributed by atoms with Crippen molar-refractivity contribution in [1.82, 2.24) is 21.3 Å². The fourth-order valence-electron chi connectivity index (χ4n) is 3.21. The number of carboxylic acid groups (broad SMARTS) is 1. The number of likely N-dealkylation sites (N-methyl/N-ethyl adjacent to an activating group) is 1. The molecule has 0 rings (SSSR count). The molecule has 232 valence electrons. The fraction of sp³-hybridized carbons (Fsp3) is 0.808. The van der Waals surface area contributed by atoms with Gasteiger partial charge >= 0.3 is 5.97 Å². The Morgan fingerprint density at radius 1 is 0.675 bits per heavy atom. The SMILES string of the molecule is CN[C@@H](CCCCNC(=O)COCCOCCNC(=O)COCCOCCNC(=O)CCC(C)C(=O)O)C(C)=O. The molecule has 14 nitrogen and oxygen atoms in total. The lowest BCUT2D eigenvalue weighted by atomic mass is 10.1. The van der Waals surface area contributed by atoms with Gasteiger partial charge in [-0.05, 0) is 39.7 Å². The van der Waals surface area contributed by atoms with Crippen molar-refractivity contribution in [2.75, 3.05) is 79.5 Å². The van der Waals surface area contributed by atoms with Crippen LogP contribution in [0.25, 0.3) is 0 Å². The van der Waals surface area contributed by atoms with Gasteiger partial charge in [0.1, 0.15) is 19.0 Å². The molecule has 0 heterocycles. The average molecular weight is 577 g/mol. The van der Waals surface area contributed by atoms with Crippen LogP contribution in [0.15, 0.2) is 0 Å². The highest BCUT2D eigenvalue weighted by molar-refractivity contribution is 5.81. The predicted octanol–water partition coefficient (Wildman–Crippen LogP) is -0.750. The molecule has 2 atom stereocenters. The molecular formula is C26H48N4O10. The van der Waals surface area contributed by atoms with Crippen LogP contribution in [0.4, 0.5) is 0 Å². The van der Waals surface area contributed by atoms with Crippen molar-refractivity contribution in [1.29, 1.82) is 0 Å². The average Bonchev–Trinajstić information content (AvgIpc) is 2.91. The molecule has 0 aromatic carbocycles. The van der Waals surface area contributed by atoms with E-state index >= 15 is 0 Å². The quantitative estimate of drug-likeness (QED) is 0.0773. The number of hydrogen-bond donors (Lipinski definition) is 5. The summed E-state index contributed by atoms with van der Waals surface area (Å²) < 4.78 is 21.1. The Bertz CT molecular complexity index is 738. The summed E-state index contributed by atoms with van der Waals surface area (Å²) in [5, 5.41) is 19.8. The topological polar surface area (TPSA) is 191 Å². The summed E-state index contributed by atoms with van der Waals surface area (Å²) >= 11 is 0. The number of Topliss-reactive ketones (excluding diaryl/α,β-unsaturated/α-hetero) is 1. The predicted molar refractivity (Wildman–Crippen MR) is 146 cm³/mol. The highest BCUT2D eigenvalue weighted by atomic mass is 16.5. The number of nitrogens with one attached hydrogen (secondary N) is 4. The second kappa shape index (κ2) is 25.3. The van der Waals surface area contributed by atoms with E-state index in [4.69, 9.17) is 24.1 Å². The lowest BCUT2D eigenvalue weighted by Gasteiger charge is -2.12. The summed E-state index contributed by atoms with van der Waals surface area (Å²) in [6.45, 7) is 5.67. The number of unbranched alkanes of at least 4 members (excludes halogenated alkanes) is 1. The van der Waals surface area contributed by atoms with Gasteiger partial charge in [0.05, 0.1) is 51.6 Å². The van der Waals surface area contributed by atoms with Gasteiger partial charge in [0.2, 0.25) is 17.7 Å². The molecule has 0 saturated heterocycles. The van der Waals surface area contributed by atoms with E-state index in [1.54, 1.807) is 20.9 Å². The van der Waals surface area contributed by atoms with Gasteiger partial charge in [-0.1, -0.05) is 6.92 Å². The van der Waals surface area contributed by atoms with E-state index < -0.39 is 11.9 Å². The lowest BCUT2D eigenvalue weighted by Crippen LogP contribution is -2.33. The number of carbonyl (C=O) groups excluding carboxylic acids is 4. The maximum Gasteiger partial charge on any atom is 0.306 e. The molecule has 0 fully saturated rings. The van der Waals surface area contributed by atoms with E-state index in [0.29, 0.717) is 26.2 Å². The third-order valence-corrected chi connectivity index (χ3v) is 5.65. The zero-order valence-electron chi connectivity index (χ0n) is 24.1. The van der Waals surface area contributed by atoms with Crippen LogP contribution in [-0.4, -0.2) is 120 Å². The van der Waals surface area contributed by atoms with E-state index in [1.165, 1.54) is 0 Å². The molecule has 0 aromatic rings. The summed E-state index contributed by atoms with van der Waals surface area (Å²) in [5.41, 5.74) is 0. The standard InChI is InChI=1S/C26H48N4O10/c1-20(26(35)36)7-8-23(32)29-10-12-37-14-17-40-19-25(34)30-11-13-38-15-16-39-18-24(33)28-9-5-4-6-22(27-3)21(2)31/h20,22,27H,4-19H2,1-3H3,(H,28,33)(H,29,32)(H,30,34)(H,35,36)/t20?,22-/m0/s1. The maximum absolute atomic E-state index is 11.7. The van der Waals surface area contributed by atoms with Crippen molar-refractivity contribution in [3.63, 3.8) is 0 Å². The van der Waals surface area contributed by atoms with Crippen LogP contribution < -0.4 is 21.3 Å². The number of carboxylic acids is 1. The molecule has 0 saturated carbocycles. The Balaban J connectivity index is 3.44. The largest absolute Gasteiger partial charge is 0.481 e. The summed E-state index contributed by atoms with van der Waals surface area (Å²) in [6, 6.07) is -0.138. The van der Waals surface area contributed by atoms with E-state index in [9.17, 15) is 24.0 Å². The molecular weight excluding hydrogens is 528 g/mol. The molecule has 0 aliphatic carbocycles. The van der Waals surface area contributed by atoms with Gasteiger partial charge in [-0.2, -0.15) is 0 Å². The van der Waals surface area contributed by atoms with Crippen LogP contribution in [0.5, 0.6) is 0 Å². The molecule has 0 aliphatic rings. The molecule has 40 heavy (non-hydrogen) atoms. The van der Waals surface area contributed by atoms with Crippen molar-refractivity contribution in [3.8, 4) is 0 Å². The van der Waals surface area contributed by atoms with Crippen LogP contribution in [-0.2, 0) is 42.9 Å². The Morgan fingerprint density at radius 2 is 1.18 bits per heavy atom. The first-order valence-corrected chi connectivity index (χ1v) is 13.7. The first-order valence-electron chi connectivity index (χ1n) is 13.7. The maximum atomic E-state index is 11.7. The second-order valence-electron chi connectivity index (χ2n) is 9.11. The number of amides is 3. The van der Waals surface area contributed by atoms with E-state index in [0.717, 1.165) is 19.3 Å². The molecule has 0 aromatic heterocycles. The Kier molecular flexibility index (Phi) is 23.6. The second-order valence-corrected chi connectivity index (χ2v) is 9.11. The number of hydrogen-bond acceptors (Lipinski definition) is 10. The van der Waals surface area contributed by atoms with Crippen molar-refractivity contribution in [2.24, 2.45) is 5.92 Å². The van der Waals surface area contributed by atoms with Gasteiger partial charge in [0.25, 0.3) is 0 Å². The molecule has 0 spiro atoms. The smallest absolute Gasteiger partial charge is 0.306 e. The third kappa shape index (κ3) is 23.3. The zero-order valence-corrected chi connectivity index (χ0v) is 24.1. The van der Waals surface area contributed by atoms with Crippen LogP contribution in [0.2, 0.25) is 0 Å². The summed E-state index contributed by atoms with van der Waals surface area (Å²) in [6.07, 6.45) is 2.78. The summed E-state index contributed by atoms with van der Waals surface area (Å²) in [4.78, 5) is 57.1. The van der Waals surface area contributed by atoms with Crippen molar-refractivity contribution < 1.29 is 48.0 Å². The van der Waals surface area contributed by atoms with Crippen LogP contribution in [0.3, 0.4) is 0 Å². The van der Waals surface area contributed by atoms with Gasteiger partial charge in [-0.15, -0.1) is 0 Å². The molecule has 0 radical (unpaired) electrons. The number of ether oxygens (including phenoxy) is 4. The van der Waals surface area contributed by atoms with Gasteiger partial charge in [0.15, 0.2) is 0 Å². The molecule has 14 heteroatoms. The number of ketones is 1. The Morgan fingerprint density at radius 3 is 1.68 bits per heavy atom. The molecule has 3 amide bonds. The van der Waals surface area contributed by atoms with Crippen LogP contribution >= 0.6 is 0 Å². The minimum Gasteiger partial charge on any atom is -0.481 e. The zero-order chi connectivity index (χ0) is 30.0. The van der Waals surface area contributed by atoms with Gasteiger partial charge < -0.3 is 45.3 Å². The van der Waals surface area contributed by atoms with Crippen molar-refractivity contribution >= 4 is 29.5 Å². The summed E-state index contributed by atoms with van der Waals surface area (Å²) in [5.74, 6) is -2.10. The highest BCUT2D eigenvalue weighted by Gasteiger charge is 2.13. The third-order valence-electron chi connectivity index (χ3n) is 5.65. The number of aliphatic carboxylic acids is 1. The first kappa shape index (κ1) is 37.4. The molecule has 0 bridgehead atoms. The molecule has 0 aliphatic heterocycles. The number of carbonyl (C=O) groups is 5. The van der Waals surface area contributed by atoms with Gasteiger partial charge in [0, 0.05) is 26.1 Å². The lowest BCUT2D eigenvalue weighted by molar-refractivity contribution is -0.141. The Labute approximate surface area is 236 Å². The Hall–Kier alpha value is -2.65. The van der Waals surface area contributed by atoms with Crippen LogP contribution in [0.1, 0.15) is 46.0 Å². The van der Waals surface area contributed by atoms with Gasteiger partial charge in [-0.3, -0.25) is 24.0 Å². The van der Waals surface area contributed by atoms with E-state index in [-0.39, 0.29) is 88.6 Å². The van der Waals surface area contributed by atoms with E-state index in [1.807, 2.05) is 0 Å². The van der Waals surface area contributed by atoms with Crippen LogP contribution in [0, 0.1) is 5.92 Å². The van der Waals surface area contributed by atoms with Gasteiger partial charge in [-0.25, -0.2) is 0 Å². The normalized spacial score (nSPS) is 12.4. The molecule has 5 N–H and O–H groups in total. The number of rotatable bonds is 27. The van der Waals surface area contributed by atoms with Crippen molar-refractivity contribution in [2.45, 2.75) is 52.0 Å². The van der Waals surface area contributed by atoms with E-state index in [2.05, 4.69) is 21.3 Å². The molecule has 1 unspecified atom stereocenters. The van der Waals surface area contributed by atoms with Crippen molar-refractivity contribution in [3.05, 3.63) is 0 Å². The minimum atomic E-state index is -0.923. The fourth-order valence-corrected chi connectivity index (χ4v) is 3.21.